The Kier molecular flexibility index (Phi) is 2.87. The number of rotatable bonds is 3. The van der Waals surface area contributed by atoms with E-state index in [0.717, 1.165) is 5.56 Å². The lowest BCUT2D eigenvalue weighted by Gasteiger charge is -1.93. The lowest BCUT2D eigenvalue weighted by atomic mass is 10.2. The zero-order chi connectivity index (χ0) is 11.5. The van der Waals surface area contributed by atoms with Crippen molar-refractivity contribution in [2.75, 3.05) is 5.88 Å². The highest BCUT2D eigenvalue weighted by Gasteiger charge is 2.14. The number of hydrogen-bond donors (Lipinski definition) is 1. The topological polar surface area (TPSA) is 71.8 Å². The van der Waals surface area contributed by atoms with Gasteiger partial charge in [0.05, 0.1) is 16.5 Å². The van der Waals surface area contributed by atoms with Crippen molar-refractivity contribution in [3.8, 4) is 0 Å². The number of pyridine rings is 1. The molecule has 0 saturated heterocycles. The fourth-order valence-corrected chi connectivity index (χ4v) is 1.52. The van der Waals surface area contributed by atoms with Crippen LogP contribution in [0.2, 0.25) is 0 Å². The van der Waals surface area contributed by atoms with Crippen LogP contribution in [0, 0.1) is 10.1 Å². The van der Waals surface area contributed by atoms with Gasteiger partial charge in [0.2, 0.25) is 0 Å². The molecule has 5 nitrogen and oxygen atoms in total. The van der Waals surface area contributed by atoms with E-state index in [9.17, 15) is 10.1 Å². The van der Waals surface area contributed by atoms with Gasteiger partial charge in [-0.25, -0.2) is 4.98 Å². The average molecular weight is 238 g/mol. The first kappa shape index (κ1) is 10.6. The minimum Gasteiger partial charge on any atom is -0.340 e. The smallest absolute Gasteiger partial charge is 0.296 e. The standard InChI is InChI=1S/C10H8ClN3O2/c11-3-1-2-7-4-8-9(14(15)16)6-13-10(8)12-5-7/h1-2,4-6H,3H2,(H,12,13). The number of nitrogens with zero attached hydrogens (tertiary/aromatic N) is 2. The summed E-state index contributed by atoms with van der Waals surface area (Å²) in [4.78, 5) is 17.1. The molecule has 2 heterocycles. The van der Waals surface area contributed by atoms with Crippen molar-refractivity contribution in [1.29, 1.82) is 0 Å². The number of nitro groups is 1. The lowest BCUT2D eigenvalue weighted by molar-refractivity contribution is -0.383. The molecule has 0 amide bonds. The summed E-state index contributed by atoms with van der Waals surface area (Å²) < 4.78 is 0. The molecular formula is C10H8ClN3O2. The second-order valence-electron chi connectivity index (χ2n) is 3.15. The Morgan fingerprint density at radius 2 is 2.44 bits per heavy atom. The van der Waals surface area contributed by atoms with Gasteiger partial charge in [-0.3, -0.25) is 10.1 Å². The van der Waals surface area contributed by atoms with Gasteiger partial charge in [-0.05, 0) is 11.6 Å². The van der Waals surface area contributed by atoms with Gasteiger partial charge in [0.1, 0.15) is 5.65 Å². The van der Waals surface area contributed by atoms with E-state index in [1.807, 2.05) is 0 Å². The molecule has 2 aromatic rings. The minimum atomic E-state index is -0.435. The highest BCUT2D eigenvalue weighted by Crippen LogP contribution is 2.24. The fraction of sp³-hybridized carbons (Fsp3) is 0.100. The normalized spacial score (nSPS) is 11.3. The summed E-state index contributed by atoms with van der Waals surface area (Å²) in [6.07, 6.45) is 6.50. The number of aromatic amines is 1. The molecule has 0 radical (unpaired) electrons. The summed E-state index contributed by atoms with van der Waals surface area (Å²) in [7, 11) is 0. The van der Waals surface area contributed by atoms with E-state index < -0.39 is 4.92 Å². The van der Waals surface area contributed by atoms with Gasteiger partial charge >= 0.3 is 0 Å². The number of aromatic nitrogens is 2. The van der Waals surface area contributed by atoms with Crippen LogP contribution in [0.3, 0.4) is 0 Å². The van der Waals surface area contributed by atoms with Crippen molar-refractivity contribution >= 4 is 34.4 Å². The zero-order valence-electron chi connectivity index (χ0n) is 8.18. The van der Waals surface area contributed by atoms with E-state index in [4.69, 9.17) is 11.6 Å². The van der Waals surface area contributed by atoms with E-state index >= 15 is 0 Å². The molecule has 0 atom stereocenters. The van der Waals surface area contributed by atoms with Crippen LogP contribution in [0.25, 0.3) is 17.1 Å². The van der Waals surface area contributed by atoms with Crippen LogP contribution in [-0.4, -0.2) is 20.8 Å². The quantitative estimate of drug-likeness (QED) is 0.507. The van der Waals surface area contributed by atoms with Crippen molar-refractivity contribution in [1.82, 2.24) is 9.97 Å². The highest BCUT2D eigenvalue weighted by molar-refractivity contribution is 6.19. The Hall–Kier alpha value is -1.88. The van der Waals surface area contributed by atoms with Crippen LogP contribution >= 0.6 is 11.6 Å². The molecule has 2 aromatic heterocycles. The van der Waals surface area contributed by atoms with Gasteiger partial charge < -0.3 is 4.98 Å². The van der Waals surface area contributed by atoms with Crippen LogP contribution in [0.4, 0.5) is 5.69 Å². The van der Waals surface area contributed by atoms with Gasteiger partial charge in [-0.1, -0.05) is 12.2 Å². The number of H-pyrrole nitrogens is 1. The second-order valence-corrected chi connectivity index (χ2v) is 3.46. The third-order valence-corrected chi connectivity index (χ3v) is 2.30. The van der Waals surface area contributed by atoms with E-state index in [2.05, 4.69) is 9.97 Å². The molecule has 2 rings (SSSR count). The first-order chi connectivity index (χ1) is 7.72. The van der Waals surface area contributed by atoms with Crippen molar-refractivity contribution in [3.05, 3.63) is 40.2 Å². The Labute approximate surface area is 95.9 Å². The molecule has 82 valence electrons. The molecule has 0 fully saturated rings. The average Bonchev–Trinajstić information content (AvgIpc) is 2.69. The number of alkyl halides is 1. The third kappa shape index (κ3) is 1.90. The summed E-state index contributed by atoms with van der Waals surface area (Å²) in [5.74, 6) is 0.396. The van der Waals surface area contributed by atoms with E-state index in [1.165, 1.54) is 6.20 Å². The first-order valence-corrected chi connectivity index (χ1v) is 5.10. The molecule has 1 N–H and O–H groups in total. The summed E-state index contributed by atoms with van der Waals surface area (Å²) in [5.41, 5.74) is 1.33. The largest absolute Gasteiger partial charge is 0.340 e. The van der Waals surface area contributed by atoms with Crippen LogP contribution < -0.4 is 0 Å². The monoisotopic (exact) mass is 237 g/mol. The molecule has 16 heavy (non-hydrogen) atoms. The number of allylic oxidation sites excluding steroid dienone is 1. The molecule has 0 aliphatic heterocycles. The van der Waals surface area contributed by atoms with Crippen LogP contribution in [0.5, 0.6) is 0 Å². The minimum absolute atomic E-state index is 0.0311. The van der Waals surface area contributed by atoms with Gasteiger partial charge in [0.15, 0.2) is 0 Å². The van der Waals surface area contributed by atoms with Crippen LogP contribution in [-0.2, 0) is 0 Å². The molecule has 0 unspecified atom stereocenters. The number of hydrogen-bond acceptors (Lipinski definition) is 3. The first-order valence-electron chi connectivity index (χ1n) is 4.56. The fourth-order valence-electron chi connectivity index (χ4n) is 1.43. The van der Waals surface area contributed by atoms with E-state index in [0.29, 0.717) is 16.9 Å². The Morgan fingerprint density at radius 1 is 1.62 bits per heavy atom. The maximum atomic E-state index is 10.7. The number of fused-ring (bicyclic) bond motifs is 1. The molecule has 0 aromatic carbocycles. The molecule has 0 saturated carbocycles. The van der Waals surface area contributed by atoms with Crippen LogP contribution in [0.1, 0.15) is 5.56 Å². The molecule has 6 heteroatoms. The maximum Gasteiger partial charge on any atom is 0.296 e. The van der Waals surface area contributed by atoms with Crippen LogP contribution in [0.15, 0.2) is 24.5 Å². The van der Waals surface area contributed by atoms with Crippen molar-refractivity contribution in [3.63, 3.8) is 0 Å². The lowest BCUT2D eigenvalue weighted by Crippen LogP contribution is -1.86. The summed E-state index contributed by atoms with van der Waals surface area (Å²) >= 11 is 5.51. The SMILES string of the molecule is O=[N+]([O-])c1c[nH]c2ncc(C=CCCl)cc12. The Bertz CT molecular complexity index is 562. The van der Waals surface area contributed by atoms with Gasteiger partial charge in [-0.2, -0.15) is 0 Å². The van der Waals surface area contributed by atoms with E-state index in [-0.39, 0.29) is 5.69 Å². The van der Waals surface area contributed by atoms with Gasteiger partial charge in [0.25, 0.3) is 5.69 Å². The van der Waals surface area contributed by atoms with Crippen molar-refractivity contribution < 1.29 is 4.92 Å². The molecular weight excluding hydrogens is 230 g/mol. The van der Waals surface area contributed by atoms with Gasteiger partial charge in [0, 0.05) is 12.1 Å². The molecule has 0 aliphatic carbocycles. The predicted molar refractivity (Wildman–Crippen MR) is 62.5 cm³/mol. The molecule has 0 aliphatic rings. The summed E-state index contributed by atoms with van der Waals surface area (Å²) in [5, 5.41) is 11.2. The third-order valence-electron chi connectivity index (χ3n) is 2.13. The van der Waals surface area contributed by atoms with Crippen molar-refractivity contribution in [2.24, 2.45) is 0 Å². The molecule has 0 spiro atoms. The summed E-state index contributed by atoms with van der Waals surface area (Å²) in [6.45, 7) is 0. The second kappa shape index (κ2) is 4.32. The Balaban J connectivity index is 2.54. The Morgan fingerprint density at radius 3 is 3.12 bits per heavy atom. The van der Waals surface area contributed by atoms with E-state index in [1.54, 1.807) is 24.4 Å². The zero-order valence-corrected chi connectivity index (χ0v) is 8.94. The number of halogens is 1. The predicted octanol–water partition coefficient (Wildman–Crippen LogP) is 2.72. The highest BCUT2D eigenvalue weighted by atomic mass is 35.5. The number of nitrogens with one attached hydrogen (secondary N) is 1. The summed E-state index contributed by atoms with van der Waals surface area (Å²) in [6, 6.07) is 1.71. The molecule has 0 bridgehead atoms. The van der Waals surface area contributed by atoms with Gasteiger partial charge in [-0.15, -0.1) is 11.6 Å². The maximum absolute atomic E-state index is 10.7. The van der Waals surface area contributed by atoms with Crippen molar-refractivity contribution in [2.45, 2.75) is 0 Å².